The maximum Gasteiger partial charge on any atom is 0.303 e. The van der Waals surface area contributed by atoms with Crippen LogP contribution in [0.15, 0.2) is 0 Å². The second kappa shape index (κ2) is 8.31. The van der Waals surface area contributed by atoms with E-state index >= 15 is 0 Å². The molecule has 0 bridgehead atoms. The summed E-state index contributed by atoms with van der Waals surface area (Å²) in [6.07, 6.45) is 6.13. The Bertz CT molecular complexity index is 301. The molecule has 0 aromatic heterocycles. The van der Waals surface area contributed by atoms with Gasteiger partial charge in [0.25, 0.3) is 0 Å². The standard InChI is InChI=1S/C15H26O4/c1-2-3-4-5-12(16)8-6-11-7-9-14(17)13(11)10-15(18)19/h11,13-14,17H,2-10H2,1H3,(H,18,19)/t11?,13?,14-/m1/s1. The molecule has 4 nitrogen and oxygen atoms in total. The number of ketones is 1. The van der Waals surface area contributed by atoms with E-state index in [-0.39, 0.29) is 24.0 Å². The topological polar surface area (TPSA) is 74.6 Å². The van der Waals surface area contributed by atoms with Gasteiger partial charge in [-0.15, -0.1) is 0 Å². The van der Waals surface area contributed by atoms with Crippen molar-refractivity contribution in [2.45, 2.75) is 70.8 Å². The number of carboxylic acids is 1. The van der Waals surface area contributed by atoms with Crippen LogP contribution in [0.2, 0.25) is 0 Å². The van der Waals surface area contributed by atoms with Crippen molar-refractivity contribution in [1.29, 1.82) is 0 Å². The van der Waals surface area contributed by atoms with Gasteiger partial charge in [-0.1, -0.05) is 19.8 Å². The lowest BCUT2D eigenvalue weighted by atomic mass is 9.87. The zero-order valence-corrected chi connectivity index (χ0v) is 11.8. The van der Waals surface area contributed by atoms with Crippen LogP contribution >= 0.6 is 0 Å². The van der Waals surface area contributed by atoms with Crippen molar-refractivity contribution in [3.8, 4) is 0 Å². The van der Waals surface area contributed by atoms with E-state index in [0.29, 0.717) is 19.3 Å². The molecule has 2 N–H and O–H groups in total. The number of carboxylic acid groups (broad SMARTS) is 1. The fourth-order valence-corrected chi connectivity index (χ4v) is 3.03. The third-order valence-corrected chi connectivity index (χ3v) is 4.20. The SMILES string of the molecule is CCCCCC(=O)CCC1CC[C@@H](O)C1CC(=O)O. The summed E-state index contributed by atoms with van der Waals surface area (Å²) >= 11 is 0. The van der Waals surface area contributed by atoms with Gasteiger partial charge in [0.1, 0.15) is 5.78 Å². The first-order valence-corrected chi connectivity index (χ1v) is 7.46. The Hall–Kier alpha value is -0.900. The number of Topliss-reactive ketones (excluding diaryl/α,β-unsaturated/α-hetero) is 1. The minimum absolute atomic E-state index is 0.0237. The van der Waals surface area contributed by atoms with Crippen LogP contribution in [0.5, 0.6) is 0 Å². The zero-order valence-electron chi connectivity index (χ0n) is 11.8. The van der Waals surface area contributed by atoms with E-state index in [1.807, 2.05) is 0 Å². The van der Waals surface area contributed by atoms with Gasteiger partial charge in [0.05, 0.1) is 12.5 Å². The number of hydrogen-bond donors (Lipinski definition) is 2. The quantitative estimate of drug-likeness (QED) is 0.632. The Morgan fingerprint density at radius 1 is 1.16 bits per heavy atom. The molecule has 0 amide bonds. The summed E-state index contributed by atoms with van der Waals surface area (Å²) in [6.45, 7) is 2.11. The van der Waals surface area contributed by atoms with E-state index in [2.05, 4.69) is 6.92 Å². The molecule has 4 heteroatoms. The molecule has 3 atom stereocenters. The number of aliphatic hydroxyl groups is 1. The largest absolute Gasteiger partial charge is 0.481 e. The maximum atomic E-state index is 11.7. The van der Waals surface area contributed by atoms with Gasteiger partial charge in [-0.3, -0.25) is 9.59 Å². The lowest BCUT2D eigenvalue weighted by molar-refractivity contribution is -0.139. The number of aliphatic hydroxyl groups excluding tert-OH is 1. The summed E-state index contributed by atoms with van der Waals surface area (Å²) in [6, 6.07) is 0. The van der Waals surface area contributed by atoms with Crippen LogP contribution in [-0.4, -0.2) is 28.1 Å². The minimum atomic E-state index is -0.856. The lowest BCUT2D eigenvalue weighted by Crippen LogP contribution is -2.23. The van der Waals surface area contributed by atoms with Gasteiger partial charge in [0.2, 0.25) is 0 Å². The van der Waals surface area contributed by atoms with Gasteiger partial charge in [-0.25, -0.2) is 0 Å². The number of rotatable bonds is 9. The van der Waals surface area contributed by atoms with Crippen molar-refractivity contribution < 1.29 is 19.8 Å². The smallest absolute Gasteiger partial charge is 0.303 e. The van der Waals surface area contributed by atoms with Gasteiger partial charge in [0, 0.05) is 12.8 Å². The maximum absolute atomic E-state index is 11.7. The summed E-state index contributed by atoms with van der Waals surface area (Å²) in [4.78, 5) is 22.5. The number of carbonyl (C=O) groups is 2. The van der Waals surface area contributed by atoms with Crippen LogP contribution < -0.4 is 0 Å². The third kappa shape index (κ3) is 5.72. The number of carbonyl (C=O) groups excluding carboxylic acids is 1. The average molecular weight is 270 g/mol. The second-order valence-electron chi connectivity index (χ2n) is 5.70. The van der Waals surface area contributed by atoms with E-state index in [1.54, 1.807) is 0 Å². The average Bonchev–Trinajstić information content (AvgIpc) is 2.68. The van der Waals surface area contributed by atoms with Gasteiger partial charge in [0.15, 0.2) is 0 Å². The Balaban J connectivity index is 2.30. The van der Waals surface area contributed by atoms with Gasteiger partial charge in [-0.05, 0) is 37.5 Å². The molecule has 1 rings (SSSR count). The molecule has 0 aliphatic heterocycles. The molecular formula is C15H26O4. The van der Waals surface area contributed by atoms with Crippen molar-refractivity contribution in [2.75, 3.05) is 0 Å². The Kier molecular flexibility index (Phi) is 7.06. The molecule has 110 valence electrons. The predicted molar refractivity (Wildman–Crippen MR) is 72.9 cm³/mol. The summed E-state index contributed by atoms with van der Waals surface area (Å²) in [5, 5.41) is 18.7. The van der Waals surface area contributed by atoms with Gasteiger partial charge < -0.3 is 10.2 Å². The van der Waals surface area contributed by atoms with E-state index in [1.165, 1.54) is 0 Å². The number of unbranched alkanes of at least 4 members (excludes halogenated alkanes) is 2. The molecular weight excluding hydrogens is 244 g/mol. The van der Waals surface area contributed by atoms with E-state index in [9.17, 15) is 14.7 Å². The fraction of sp³-hybridized carbons (Fsp3) is 0.867. The fourth-order valence-electron chi connectivity index (χ4n) is 3.03. The normalized spacial score (nSPS) is 26.5. The van der Waals surface area contributed by atoms with Crippen LogP contribution in [0.3, 0.4) is 0 Å². The molecule has 1 saturated carbocycles. The summed E-state index contributed by atoms with van der Waals surface area (Å²) in [5.74, 6) is -0.545. The highest BCUT2D eigenvalue weighted by atomic mass is 16.4. The molecule has 19 heavy (non-hydrogen) atoms. The Morgan fingerprint density at radius 2 is 1.89 bits per heavy atom. The molecule has 1 fully saturated rings. The van der Waals surface area contributed by atoms with Crippen LogP contribution in [0, 0.1) is 11.8 Å². The first-order chi connectivity index (χ1) is 9.04. The van der Waals surface area contributed by atoms with Crippen LogP contribution in [-0.2, 0) is 9.59 Å². The van der Waals surface area contributed by atoms with Crippen LogP contribution in [0.1, 0.15) is 64.7 Å². The van der Waals surface area contributed by atoms with Crippen LogP contribution in [0.25, 0.3) is 0 Å². The highest BCUT2D eigenvalue weighted by Crippen LogP contribution is 2.37. The van der Waals surface area contributed by atoms with Crippen LogP contribution in [0.4, 0.5) is 0 Å². The highest BCUT2D eigenvalue weighted by molar-refractivity contribution is 5.78. The molecule has 0 spiro atoms. The molecule has 0 aromatic carbocycles. The summed E-state index contributed by atoms with van der Waals surface area (Å²) in [7, 11) is 0. The monoisotopic (exact) mass is 270 g/mol. The minimum Gasteiger partial charge on any atom is -0.481 e. The highest BCUT2D eigenvalue weighted by Gasteiger charge is 2.36. The number of hydrogen-bond acceptors (Lipinski definition) is 3. The predicted octanol–water partition coefficient (Wildman–Crippen LogP) is 2.78. The first-order valence-electron chi connectivity index (χ1n) is 7.46. The van der Waals surface area contributed by atoms with Crippen molar-refractivity contribution in [1.82, 2.24) is 0 Å². The van der Waals surface area contributed by atoms with Gasteiger partial charge >= 0.3 is 5.97 Å². The molecule has 0 saturated heterocycles. The Morgan fingerprint density at radius 3 is 2.53 bits per heavy atom. The third-order valence-electron chi connectivity index (χ3n) is 4.20. The van der Waals surface area contributed by atoms with Crippen molar-refractivity contribution in [3.05, 3.63) is 0 Å². The summed E-state index contributed by atoms with van der Waals surface area (Å²) < 4.78 is 0. The van der Waals surface area contributed by atoms with Crippen molar-refractivity contribution >= 4 is 11.8 Å². The van der Waals surface area contributed by atoms with Crippen molar-refractivity contribution in [3.63, 3.8) is 0 Å². The first kappa shape index (κ1) is 16.2. The zero-order chi connectivity index (χ0) is 14.3. The Labute approximate surface area is 115 Å². The second-order valence-corrected chi connectivity index (χ2v) is 5.70. The summed E-state index contributed by atoms with van der Waals surface area (Å²) in [5.41, 5.74) is 0. The number of aliphatic carboxylic acids is 1. The molecule has 2 unspecified atom stereocenters. The van der Waals surface area contributed by atoms with E-state index < -0.39 is 12.1 Å². The molecule has 0 heterocycles. The molecule has 0 radical (unpaired) electrons. The molecule has 1 aliphatic carbocycles. The lowest BCUT2D eigenvalue weighted by Gasteiger charge is -2.20. The van der Waals surface area contributed by atoms with Crippen molar-refractivity contribution in [2.24, 2.45) is 11.8 Å². The van der Waals surface area contributed by atoms with Gasteiger partial charge in [-0.2, -0.15) is 0 Å². The van der Waals surface area contributed by atoms with E-state index in [0.717, 1.165) is 32.1 Å². The molecule has 1 aliphatic rings. The van der Waals surface area contributed by atoms with E-state index in [4.69, 9.17) is 5.11 Å². The molecule has 0 aromatic rings.